The number of nitrogens with zero attached hydrogens (tertiary/aromatic N) is 2. The average molecular weight is 334 g/mol. The van der Waals surface area contributed by atoms with Gasteiger partial charge in [-0.25, -0.2) is 0 Å². The number of aliphatic hydroxyl groups is 1. The second-order valence-corrected chi connectivity index (χ2v) is 5.72. The van der Waals surface area contributed by atoms with E-state index in [9.17, 15) is 4.79 Å². The van der Waals surface area contributed by atoms with Gasteiger partial charge < -0.3 is 19.5 Å². The van der Waals surface area contributed by atoms with E-state index in [0.29, 0.717) is 43.1 Å². The Morgan fingerprint density at radius 2 is 1.96 bits per heavy atom. The van der Waals surface area contributed by atoms with E-state index < -0.39 is 0 Å². The SMILES string of the molecule is C=CCc1cc(C(=O)N2CCN(CCO)CC2)cc(OC)c1OC. The average Bonchev–Trinajstić information content (AvgIpc) is 2.61. The van der Waals surface area contributed by atoms with Gasteiger partial charge in [0.15, 0.2) is 11.5 Å². The van der Waals surface area contributed by atoms with Crippen LogP contribution < -0.4 is 9.47 Å². The highest BCUT2D eigenvalue weighted by atomic mass is 16.5. The summed E-state index contributed by atoms with van der Waals surface area (Å²) in [5.41, 5.74) is 1.48. The maximum Gasteiger partial charge on any atom is 0.254 e. The molecule has 0 aliphatic carbocycles. The van der Waals surface area contributed by atoms with Gasteiger partial charge in [-0.15, -0.1) is 6.58 Å². The minimum atomic E-state index is -0.00934. The minimum Gasteiger partial charge on any atom is -0.493 e. The molecule has 0 spiro atoms. The molecule has 24 heavy (non-hydrogen) atoms. The Morgan fingerprint density at radius 3 is 2.50 bits per heavy atom. The standard InChI is InChI=1S/C18H26N2O4/c1-4-5-14-12-15(13-16(23-2)17(14)24-3)18(22)20-8-6-19(7-9-20)10-11-21/h4,12-13,21H,1,5-11H2,2-3H3. The Kier molecular flexibility index (Phi) is 6.63. The number of ether oxygens (including phenoxy) is 2. The van der Waals surface area contributed by atoms with E-state index in [1.165, 1.54) is 0 Å². The Balaban J connectivity index is 2.20. The topological polar surface area (TPSA) is 62.2 Å². The summed E-state index contributed by atoms with van der Waals surface area (Å²) in [6, 6.07) is 3.58. The normalized spacial score (nSPS) is 15.2. The van der Waals surface area contributed by atoms with Gasteiger partial charge in [0.1, 0.15) is 0 Å². The van der Waals surface area contributed by atoms with Crippen LogP contribution in [0.3, 0.4) is 0 Å². The molecular formula is C18H26N2O4. The molecule has 6 nitrogen and oxygen atoms in total. The fourth-order valence-electron chi connectivity index (χ4n) is 2.97. The summed E-state index contributed by atoms with van der Waals surface area (Å²) in [5.74, 6) is 1.19. The summed E-state index contributed by atoms with van der Waals surface area (Å²) < 4.78 is 10.8. The number of aliphatic hydroxyl groups excluding tert-OH is 1. The predicted octanol–water partition coefficient (Wildman–Crippen LogP) is 1.18. The number of rotatable bonds is 7. The lowest BCUT2D eigenvalue weighted by Gasteiger charge is -2.34. The second kappa shape index (κ2) is 8.70. The molecule has 0 radical (unpaired) electrons. The van der Waals surface area contributed by atoms with Gasteiger partial charge in [-0.1, -0.05) is 6.08 Å². The molecule has 2 rings (SSSR count). The first-order valence-corrected chi connectivity index (χ1v) is 8.12. The summed E-state index contributed by atoms with van der Waals surface area (Å²) >= 11 is 0. The van der Waals surface area contributed by atoms with Crippen molar-refractivity contribution in [1.29, 1.82) is 0 Å². The molecule has 0 bridgehead atoms. The molecule has 132 valence electrons. The lowest BCUT2D eigenvalue weighted by atomic mass is 10.0. The third-order valence-corrected chi connectivity index (χ3v) is 4.24. The van der Waals surface area contributed by atoms with Crippen molar-refractivity contribution in [2.24, 2.45) is 0 Å². The van der Waals surface area contributed by atoms with Gasteiger partial charge in [0.25, 0.3) is 5.91 Å². The van der Waals surface area contributed by atoms with Gasteiger partial charge in [0.05, 0.1) is 20.8 Å². The fraction of sp³-hybridized carbons (Fsp3) is 0.500. The molecule has 1 aliphatic heterocycles. The zero-order valence-electron chi connectivity index (χ0n) is 14.5. The van der Waals surface area contributed by atoms with Gasteiger partial charge in [-0.2, -0.15) is 0 Å². The van der Waals surface area contributed by atoms with Crippen molar-refractivity contribution >= 4 is 5.91 Å². The molecule has 6 heteroatoms. The lowest BCUT2D eigenvalue weighted by molar-refractivity contribution is 0.0614. The van der Waals surface area contributed by atoms with E-state index in [-0.39, 0.29) is 12.5 Å². The highest BCUT2D eigenvalue weighted by Gasteiger charge is 2.24. The first kappa shape index (κ1) is 18.3. The first-order chi connectivity index (χ1) is 11.6. The highest BCUT2D eigenvalue weighted by molar-refractivity contribution is 5.95. The number of β-amino-alcohol motifs (C(OH)–C–C–N with tert-alkyl or cyclic N) is 1. The van der Waals surface area contributed by atoms with E-state index in [0.717, 1.165) is 18.7 Å². The molecular weight excluding hydrogens is 308 g/mol. The van der Waals surface area contributed by atoms with Crippen molar-refractivity contribution in [3.8, 4) is 11.5 Å². The van der Waals surface area contributed by atoms with Crippen molar-refractivity contribution in [2.45, 2.75) is 6.42 Å². The highest BCUT2D eigenvalue weighted by Crippen LogP contribution is 2.33. The lowest BCUT2D eigenvalue weighted by Crippen LogP contribution is -2.49. The molecule has 1 heterocycles. The number of carbonyl (C=O) groups is 1. The molecule has 0 atom stereocenters. The maximum atomic E-state index is 12.8. The van der Waals surface area contributed by atoms with E-state index in [2.05, 4.69) is 11.5 Å². The Labute approximate surface area is 143 Å². The van der Waals surface area contributed by atoms with Crippen LogP contribution in [0.15, 0.2) is 24.8 Å². The molecule has 0 saturated carbocycles. The number of benzene rings is 1. The van der Waals surface area contributed by atoms with Gasteiger partial charge in [-0.05, 0) is 18.6 Å². The zero-order chi connectivity index (χ0) is 17.5. The smallest absolute Gasteiger partial charge is 0.254 e. The second-order valence-electron chi connectivity index (χ2n) is 5.72. The predicted molar refractivity (Wildman–Crippen MR) is 92.9 cm³/mol. The van der Waals surface area contributed by atoms with Gasteiger partial charge in [-0.3, -0.25) is 9.69 Å². The van der Waals surface area contributed by atoms with Crippen LogP contribution in [0.25, 0.3) is 0 Å². The minimum absolute atomic E-state index is 0.00934. The molecule has 1 aromatic rings. The molecule has 1 saturated heterocycles. The number of carbonyl (C=O) groups excluding carboxylic acids is 1. The quantitative estimate of drug-likeness (QED) is 0.759. The van der Waals surface area contributed by atoms with E-state index in [4.69, 9.17) is 14.6 Å². The molecule has 0 unspecified atom stereocenters. The van der Waals surface area contributed by atoms with Crippen LogP contribution in [-0.4, -0.2) is 74.4 Å². The molecule has 1 aliphatic rings. The summed E-state index contributed by atoms with van der Waals surface area (Å²) in [6.07, 6.45) is 2.38. The summed E-state index contributed by atoms with van der Waals surface area (Å²) in [6.45, 7) is 7.43. The van der Waals surface area contributed by atoms with Crippen LogP contribution in [0.2, 0.25) is 0 Å². The summed E-state index contributed by atoms with van der Waals surface area (Å²) in [7, 11) is 3.16. The Morgan fingerprint density at radius 1 is 1.25 bits per heavy atom. The Bertz CT molecular complexity index is 581. The van der Waals surface area contributed by atoms with Crippen LogP contribution in [0.4, 0.5) is 0 Å². The van der Waals surface area contributed by atoms with Crippen molar-refractivity contribution in [2.75, 3.05) is 53.6 Å². The molecule has 1 aromatic carbocycles. The zero-order valence-corrected chi connectivity index (χ0v) is 14.5. The number of methoxy groups -OCH3 is 2. The van der Waals surface area contributed by atoms with E-state index in [1.54, 1.807) is 26.4 Å². The van der Waals surface area contributed by atoms with Crippen molar-refractivity contribution < 1.29 is 19.4 Å². The van der Waals surface area contributed by atoms with Crippen LogP contribution in [0, 0.1) is 0 Å². The van der Waals surface area contributed by atoms with E-state index in [1.807, 2.05) is 11.0 Å². The number of hydrogen-bond donors (Lipinski definition) is 1. The number of allylic oxidation sites excluding steroid dienone is 1. The number of amides is 1. The molecule has 1 fully saturated rings. The van der Waals surface area contributed by atoms with Crippen molar-refractivity contribution in [3.63, 3.8) is 0 Å². The third-order valence-electron chi connectivity index (χ3n) is 4.24. The van der Waals surface area contributed by atoms with Crippen LogP contribution in [0.5, 0.6) is 11.5 Å². The molecule has 0 aromatic heterocycles. The van der Waals surface area contributed by atoms with E-state index >= 15 is 0 Å². The maximum absolute atomic E-state index is 12.8. The molecule has 1 N–H and O–H groups in total. The van der Waals surface area contributed by atoms with Gasteiger partial charge in [0, 0.05) is 43.9 Å². The number of piperazine rings is 1. The van der Waals surface area contributed by atoms with Crippen molar-refractivity contribution in [1.82, 2.24) is 9.80 Å². The van der Waals surface area contributed by atoms with Crippen LogP contribution >= 0.6 is 0 Å². The largest absolute Gasteiger partial charge is 0.493 e. The van der Waals surface area contributed by atoms with Gasteiger partial charge in [0.2, 0.25) is 0 Å². The van der Waals surface area contributed by atoms with Crippen molar-refractivity contribution in [3.05, 3.63) is 35.9 Å². The fourth-order valence-corrected chi connectivity index (χ4v) is 2.97. The number of hydrogen-bond acceptors (Lipinski definition) is 5. The molecule has 1 amide bonds. The monoisotopic (exact) mass is 334 g/mol. The summed E-state index contributed by atoms with van der Waals surface area (Å²) in [4.78, 5) is 16.8. The first-order valence-electron chi connectivity index (χ1n) is 8.12. The Hall–Kier alpha value is -2.05. The van der Waals surface area contributed by atoms with Gasteiger partial charge >= 0.3 is 0 Å². The summed E-state index contributed by atoms with van der Waals surface area (Å²) in [5, 5.41) is 9.00. The third kappa shape index (κ3) is 4.07. The van der Waals surface area contributed by atoms with Crippen LogP contribution in [0.1, 0.15) is 15.9 Å². The van der Waals surface area contributed by atoms with Crippen LogP contribution in [-0.2, 0) is 6.42 Å².